The molecule has 9 heteroatoms. The van der Waals surface area contributed by atoms with Crippen molar-refractivity contribution in [2.45, 2.75) is 50.5 Å². The molecule has 2 N–H and O–H groups in total. The van der Waals surface area contributed by atoms with Gasteiger partial charge in [-0.2, -0.15) is 0 Å². The standard InChI is InChI=1S/C30H29ClN6O2/c31-21-4-1-3-19(11-21)24-14-25(24)30(39)35-27-13-22(8-9-32-27)33-15-23-17-36-16-20(18-6-7-18)12-26(29(36)34-23)37-10-2-5-28(37)38/h1,3-4,8-9,11-13,16-18,24-25H,2,5-7,10,14-15H2,(H2,32,33,35,39). The predicted molar refractivity (Wildman–Crippen MR) is 151 cm³/mol. The summed E-state index contributed by atoms with van der Waals surface area (Å²) >= 11 is 6.11. The first-order valence-corrected chi connectivity index (χ1v) is 14.0. The number of benzene rings is 1. The fourth-order valence-corrected chi connectivity index (χ4v) is 5.79. The number of nitrogens with one attached hydrogen (secondary N) is 2. The highest BCUT2D eigenvalue weighted by Crippen LogP contribution is 2.48. The number of amides is 2. The first-order valence-electron chi connectivity index (χ1n) is 13.6. The minimum atomic E-state index is -0.0722. The van der Waals surface area contributed by atoms with Crippen molar-refractivity contribution in [3.8, 4) is 0 Å². The van der Waals surface area contributed by atoms with E-state index in [1.54, 1.807) is 6.20 Å². The second-order valence-electron chi connectivity index (χ2n) is 10.8. The fourth-order valence-electron chi connectivity index (χ4n) is 5.59. The van der Waals surface area contributed by atoms with Crippen molar-refractivity contribution < 1.29 is 9.59 Å². The number of carbonyl (C=O) groups is 2. The topological polar surface area (TPSA) is 91.6 Å². The van der Waals surface area contributed by atoms with Crippen LogP contribution >= 0.6 is 11.6 Å². The Morgan fingerprint density at radius 2 is 2.00 bits per heavy atom. The van der Waals surface area contributed by atoms with Gasteiger partial charge in [0.1, 0.15) is 5.82 Å². The Balaban J connectivity index is 1.04. The Bertz CT molecular complexity index is 1600. The summed E-state index contributed by atoms with van der Waals surface area (Å²) in [4.78, 5) is 36.5. The molecule has 3 fully saturated rings. The second kappa shape index (κ2) is 9.68. The van der Waals surface area contributed by atoms with Gasteiger partial charge in [0.05, 0.1) is 17.9 Å². The average Bonchev–Trinajstić information content (AvgIpc) is 3.85. The molecule has 2 amide bonds. The molecule has 2 saturated carbocycles. The van der Waals surface area contributed by atoms with Crippen molar-refractivity contribution in [2.75, 3.05) is 22.1 Å². The zero-order valence-corrected chi connectivity index (χ0v) is 22.2. The van der Waals surface area contributed by atoms with Gasteiger partial charge in [-0.05, 0) is 72.9 Å². The molecule has 1 aromatic carbocycles. The molecular weight excluding hydrogens is 512 g/mol. The maximum absolute atomic E-state index is 12.8. The van der Waals surface area contributed by atoms with Gasteiger partial charge in [-0.3, -0.25) is 9.59 Å². The third-order valence-corrected chi connectivity index (χ3v) is 8.14. The highest BCUT2D eigenvalue weighted by molar-refractivity contribution is 6.30. The van der Waals surface area contributed by atoms with Gasteiger partial charge < -0.3 is 19.9 Å². The number of halogens is 1. The largest absolute Gasteiger partial charge is 0.379 e. The van der Waals surface area contributed by atoms with Gasteiger partial charge in [-0.25, -0.2) is 9.97 Å². The summed E-state index contributed by atoms with van der Waals surface area (Å²) in [5.74, 6) is 1.36. The number of rotatable bonds is 8. The van der Waals surface area contributed by atoms with Crippen LogP contribution < -0.4 is 15.5 Å². The fraction of sp³-hybridized carbons (Fsp3) is 0.333. The van der Waals surface area contributed by atoms with Crippen LogP contribution in [0.1, 0.15) is 60.8 Å². The van der Waals surface area contributed by atoms with E-state index < -0.39 is 0 Å². The molecule has 4 aromatic rings. The maximum atomic E-state index is 12.8. The van der Waals surface area contributed by atoms with Gasteiger partial charge in [0.2, 0.25) is 11.8 Å². The van der Waals surface area contributed by atoms with Crippen LogP contribution in [-0.4, -0.2) is 32.7 Å². The van der Waals surface area contributed by atoms with Crippen molar-refractivity contribution in [1.82, 2.24) is 14.4 Å². The van der Waals surface area contributed by atoms with Crippen molar-refractivity contribution in [3.63, 3.8) is 0 Å². The maximum Gasteiger partial charge on any atom is 0.229 e. The van der Waals surface area contributed by atoms with Crippen LogP contribution in [0.25, 0.3) is 5.65 Å². The van der Waals surface area contributed by atoms with Crippen molar-refractivity contribution >= 4 is 46.3 Å². The summed E-state index contributed by atoms with van der Waals surface area (Å²) < 4.78 is 2.07. The minimum absolute atomic E-state index is 0.0274. The third kappa shape index (κ3) is 4.96. The zero-order chi connectivity index (χ0) is 26.5. The SMILES string of the molecule is O=C(Nc1cc(NCc2cn3cc(C4CC4)cc(N4CCCC4=O)c3n2)ccn1)C1CC1c1cccc(Cl)c1. The smallest absolute Gasteiger partial charge is 0.229 e. The zero-order valence-electron chi connectivity index (χ0n) is 21.4. The van der Waals surface area contributed by atoms with Crippen LogP contribution in [-0.2, 0) is 16.1 Å². The van der Waals surface area contributed by atoms with Gasteiger partial charge in [-0.1, -0.05) is 23.7 Å². The quantitative estimate of drug-likeness (QED) is 0.297. The van der Waals surface area contributed by atoms with Gasteiger partial charge in [0.15, 0.2) is 5.65 Å². The minimum Gasteiger partial charge on any atom is -0.379 e. The molecule has 4 heterocycles. The number of aromatic nitrogens is 3. The van der Waals surface area contributed by atoms with Crippen LogP contribution in [0.4, 0.5) is 17.2 Å². The summed E-state index contributed by atoms with van der Waals surface area (Å²) in [6.07, 6.45) is 10.6. The first-order chi connectivity index (χ1) is 19.0. The summed E-state index contributed by atoms with van der Waals surface area (Å²) in [7, 11) is 0. The van der Waals surface area contributed by atoms with Crippen molar-refractivity contribution in [3.05, 3.63) is 82.9 Å². The Morgan fingerprint density at radius 3 is 2.79 bits per heavy atom. The van der Waals surface area contributed by atoms with E-state index in [0.29, 0.717) is 29.7 Å². The number of pyridine rings is 2. The highest BCUT2D eigenvalue weighted by Gasteiger charge is 2.44. The second-order valence-corrected chi connectivity index (χ2v) is 11.3. The molecule has 198 valence electrons. The van der Waals surface area contributed by atoms with E-state index in [1.165, 1.54) is 18.4 Å². The lowest BCUT2D eigenvalue weighted by atomic mass is 10.1. The Hall–Kier alpha value is -3.91. The van der Waals surface area contributed by atoms with Crippen LogP contribution in [0.2, 0.25) is 5.02 Å². The number of carbonyl (C=O) groups excluding carboxylic acids is 2. The molecular formula is C30H29ClN6O2. The van der Waals surface area contributed by atoms with Gasteiger partial charge in [0.25, 0.3) is 0 Å². The lowest BCUT2D eigenvalue weighted by Crippen LogP contribution is -2.24. The number of fused-ring (bicyclic) bond motifs is 1. The summed E-state index contributed by atoms with van der Waals surface area (Å²) in [5, 5.41) is 7.06. The molecule has 0 bridgehead atoms. The van der Waals surface area contributed by atoms with Crippen LogP contribution in [0.15, 0.2) is 61.1 Å². The third-order valence-electron chi connectivity index (χ3n) is 7.90. The van der Waals surface area contributed by atoms with E-state index in [0.717, 1.165) is 47.7 Å². The Labute approximate surface area is 231 Å². The number of anilines is 3. The number of hydrogen-bond donors (Lipinski definition) is 2. The van der Waals surface area contributed by atoms with Gasteiger partial charge in [0, 0.05) is 54.3 Å². The van der Waals surface area contributed by atoms with Crippen molar-refractivity contribution in [1.29, 1.82) is 0 Å². The lowest BCUT2D eigenvalue weighted by molar-refractivity contribution is -0.118. The number of hydrogen-bond acceptors (Lipinski definition) is 5. The monoisotopic (exact) mass is 540 g/mol. The normalized spacial score (nSPS) is 20.4. The summed E-state index contributed by atoms with van der Waals surface area (Å²) in [5.41, 5.74) is 5.82. The molecule has 2 atom stereocenters. The molecule has 2 unspecified atom stereocenters. The number of imidazole rings is 1. The molecule has 7 rings (SSSR count). The Kier molecular flexibility index (Phi) is 6.00. The highest BCUT2D eigenvalue weighted by atomic mass is 35.5. The number of nitrogens with zero attached hydrogens (tertiary/aromatic N) is 4. The van der Waals surface area contributed by atoms with E-state index in [9.17, 15) is 9.59 Å². The molecule has 0 radical (unpaired) electrons. The van der Waals surface area contributed by atoms with Gasteiger partial charge in [-0.15, -0.1) is 0 Å². The first kappa shape index (κ1) is 24.2. The molecule has 1 aliphatic heterocycles. The van der Waals surface area contributed by atoms with Crippen LogP contribution in [0.3, 0.4) is 0 Å². The van der Waals surface area contributed by atoms with E-state index in [2.05, 4.69) is 32.3 Å². The molecule has 0 spiro atoms. The van der Waals surface area contributed by atoms with E-state index in [4.69, 9.17) is 16.6 Å². The summed E-state index contributed by atoms with van der Waals surface area (Å²) in [6, 6.07) is 13.6. The van der Waals surface area contributed by atoms with E-state index in [1.807, 2.05) is 47.5 Å². The van der Waals surface area contributed by atoms with Crippen LogP contribution in [0.5, 0.6) is 0 Å². The van der Waals surface area contributed by atoms with Gasteiger partial charge >= 0.3 is 0 Å². The molecule has 1 saturated heterocycles. The molecule has 2 aliphatic carbocycles. The average molecular weight is 541 g/mol. The van der Waals surface area contributed by atoms with E-state index >= 15 is 0 Å². The summed E-state index contributed by atoms with van der Waals surface area (Å²) in [6.45, 7) is 1.25. The van der Waals surface area contributed by atoms with E-state index in [-0.39, 0.29) is 23.7 Å². The molecule has 8 nitrogen and oxygen atoms in total. The van der Waals surface area contributed by atoms with Crippen molar-refractivity contribution in [2.24, 2.45) is 5.92 Å². The predicted octanol–water partition coefficient (Wildman–Crippen LogP) is 5.74. The molecule has 39 heavy (non-hydrogen) atoms. The molecule has 3 aromatic heterocycles. The lowest BCUT2D eigenvalue weighted by Gasteiger charge is -2.17. The van der Waals surface area contributed by atoms with Crippen LogP contribution in [0, 0.1) is 5.92 Å². The molecule has 3 aliphatic rings. The Morgan fingerprint density at radius 1 is 1.10 bits per heavy atom.